The lowest BCUT2D eigenvalue weighted by Gasteiger charge is -2.34. The lowest BCUT2D eigenvalue weighted by atomic mass is 9.98. The minimum absolute atomic E-state index is 0.0858. The van der Waals surface area contributed by atoms with Crippen LogP contribution in [0.5, 0.6) is 0 Å². The van der Waals surface area contributed by atoms with Crippen molar-refractivity contribution in [3.05, 3.63) is 0 Å². The third-order valence-corrected chi connectivity index (χ3v) is 5.37. The third-order valence-electron chi connectivity index (χ3n) is 4.10. The van der Waals surface area contributed by atoms with E-state index in [1.807, 2.05) is 0 Å². The van der Waals surface area contributed by atoms with Gasteiger partial charge in [-0.1, -0.05) is 0 Å². The number of sulfonamides is 1. The fraction of sp³-hybridized carbons (Fsp3) is 0.846. The summed E-state index contributed by atoms with van der Waals surface area (Å²) in [4.78, 5) is 25.4. The summed E-state index contributed by atoms with van der Waals surface area (Å²) in [6.07, 6.45) is 3.24. The number of hydrogen-bond donors (Lipinski definition) is 1. The van der Waals surface area contributed by atoms with Gasteiger partial charge in [0, 0.05) is 32.6 Å². The molecule has 1 N–H and O–H groups in total. The summed E-state index contributed by atoms with van der Waals surface area (Å²) in [5.41, 5.74) is 0. The largest absolute Gasteiger partial charge is 0.345 e. The summed E-state index contributed by atoms with van der Waals surface area (Å²) < 4.78 is 24.7. The van der Waals surface area contributed by atoms with Gasteiger partial charge < -0.3 is 10.2 Å². The Morgan fingerprint density at radius 2 is 2.00 bits per heavy atom. The number of amides is 2. The quantitative estimate of drug-likeness (QED) is 0.753. The van der Waals surface area contributed by atoms with Gasteiger partial charge >= 0.3 is 0 Å². The zero-order valence-corrected chi connectivity index (χ0v) is 13.4. The van der Waals surface area contributed by atoms with E-state index in [0.717, 1.165) is 12.8 Å². The molecule has 21 heavy (non-hydrogen) atoms. The van der Waals surface area contributed by atoms with Gasteiger partial charge in [0.25, 0.3) is 0 Å². The summed E-state index contributed by atoms with van der Waals surface area (Å²) in [7, 11) is -3.18. The topological polar surface area (TPSA) is 86.8 Å². The molecule has 2 aliphatic heterocycles. The molecule has 2 atom stereocenters. The molecule has 2 rings (SSSR count). The van der Waals surface area contributed by atoms with Crippen LogP contribution in [0, 0.1) is 5.92 Å². The monoisotopic (exact) mass is 317 g/mol. The van der Waals surface area contributed by atoms with E-state index < -0.39 is 16.1 Å². The number of nitrogens with zero attached hydrogens (tertiary/aromatic N) is 2. The molecule has 8 heteroatoms. The molecule has 0 spiro atoms. The first-order valence-electron chi connectivity index (χ1n) is 7.30. The van der Waals surface area contributed by atoms with Gasteiger partial charge in [-0.15, -0.1) is 0 Å². The van der Waals surface area contributed by atoms with Crippen LogP contribution >= 0.6 is 0 Å². The number of rotatable bonds is 3. The van der Waals surface area contributed by atoms with Crippen molar-refractivity contribution in [3.8, 4) is 0 Å². The molecule has 0 aromatic carbocycles. The molecule has 7 nitrogen and oxygen atoms in total. The van der Waals surface area contributed by atoms with E-state index in [1.54, 1.807) is 11.8 Å². The van der Waals surface area contributed by atoms with Crippen LogP contribution in [-0.4, -0.2) is 67.9 Å². The minimum atomic E-state index is -3.18. The zero-order valence-electron chi connectivity index (χ0n) is 12.5. The highest BCUT2D eigenvalue weighted by atomic mass is 32.2. The second-order valence-electron chi connectivity index (χ2n) is 5.95. The van der Waals surface area contributed by atoms with Gasteiger partial charge in [0.15, 0.2) is 0 Å². The van der Waals surface area contributed by atoms with E-state index in [4.69, 9.17) is 0 Å². The van der Waals surface area contributed by atoms with E-state index in [0.29, 0.717) is 32.6 Å². The summed E-state index contributed by atoms with van der Waals surface area (Å²) in [6.45, 7) is 3.62. The van der Waals surface area contributed by atoms with Crippen molar-refractivity contribution in [2.24, 2.45) is 5.92 Å². The van der Waals surface area contributed by atoms with Crippen molar-refractivity contribution in [1.29, 1.82) is 0 Å². The predicted molar refractivity (Wildman–Crippen MR) is 77.9 cm³/mol. The maximum atomic E-state index is 12.2. The normalized spacial score (nSPS) is 29.1. The van der Waals surface area contributed by atoms with Crippen LogP contribution in [0.3, 0.4) is 0 Å². The highest BCUT2D eigenvalue weighted by Crippen LogP contribution is 2.20. The molecule has 0 aliphatic carbocycles. The first-order chi connectivity index (χ1) is 9.77. The summed E-state index contributed by atoms with van der Waals surface area (Å²) >= 11 is 0. The summed E-state index contributed by atoms with van der Waals surface area (Å²) in [5, 5.41) is 2.66. The molecule has 2 unspecified atom stereocenters. The van der Waals surface area contributed by atoms with Gasteiger partial charge in [-0.3, -0.25) is 9.59 Å². The molecule has 2 aliphatic rings. The van der Waals surface area contributed by atoms with Crippen molar-refractivity contribution in [2.75, 3.05) is 32.4 Å². The maximum absolute atomic E-state index is 12.2. The Morgan fingerprint density at radius 3 is 2.67 bits per heavy atom. The van der Waals surface area contributed by atoms with Crippen molar-refractivity contribution < 1.29 is 18.0 Å². The van der Waals surface area contributed by atoms with Crippen molar-refractivity contribution >= 4 is 21.8 Å². The Hall–Kier alpha value is -1.15. The van der Waals surface area contributed by atoms with Crippen molar-refractivity contribution in [3.63, 3.8) is 0 Å². The lowest BCUT2D eigenvalue weighted by molar-refractivity contribution is -0.133. The van der Waals surface area contributed by atoms with Gasteiger partial charge in [-0.2, -0.15) is 0 Å². The van der Waals surface area contributed by atoms with Crippen LogP contribution in [0.2, 0.25) is 0 Å². The lowest BCUT2D eigenvalue weighted by Crippen LogP contribution is -2.47. The Labute approximate surface area is 125 Å². The van der Waals surface area contributed by atoms with E-state index >= 15 is 0 Å². The second-order valence-corrected chi connectivity index (χ2v) is 7.94. The van der Waals surface area contributed by atoms with Gasteiger partial charge in [-0.25, -0.2) is 12.7 Å². The molecule has 120 valence electrons. The molecular formula is C13H23N3O4S. The Morgan fingerprint density at radius 1 is 1.29 bits per heavy atom. The molecule has 2 heterocycles. The Bertz CT molecular complexity index is 520. The van der Waals surface area contributed by atoms with Gasteiger partial charge in [0.1, 0.15) is 6.04 Å². The van der Waals surface area contributed by atoms with Crippen molar-refractivity contribution in [2.45, 2.75) is 32.2 Å². The maximum Gasteiger partial charge on any atom is 0.244 e. The zero-order chi connectivity index (χ0) is 15.6. The molecule has 0 radical (unpaired) electrons. The SMILES string of the molecule is CC1NC(=O)CCN(CC2CCCN(S(C)(=O)=O)C2)C1=O. The van der Waals surface area contributed by atoms with E-state index in [2.05, 4.69) is 5.32 Å². The predicted octanol–water partition coefficient (Wildman–Crippen LogP) is -0.605. The van der Waals surface area contributed by atoms with Crippen LogP contribution in [0.1, 0.15) is 26.2 Å². The van der Waals surface area contributed by atoms with Crippen molar-refractivity contribution in [1.82, 2.24) is 14.5 Å². The van der Waals surface area contributed by atoms with E-state index in [-0.39, 0.29) is 17.7 Å². The number of carbonyl (C=O) groups is 2. The average Bonchev–Trinajstić information content (AvgIpc) is 2.52. The first-order valence-corrected chi connectivity index (χ1v) is 9.15. The molecule has 0 saturated carbocycles. The van der Waals surface area contributed by atoms with Crippen LogP contribution < -0.4 is 5.32 Å². The van der Waals surface area contributed by atoms with Gasteiger partial charge in [0.2, 0.25) is 21.8 Å². The molecule has 0 aromatic heterocycles. The molecule has 2 amide bonds. The number of nitrogens with one attached hydrogen (secondary N) is 1. The van der Waals surface area contributed by atoms with Crippen LogP contribution in [0.4, 0.5) is 0 Å². The smallest absolute Gasteiger partial charge is 0.244 e. The molecule has 0 bridgehead atoms. The van der Waals surface area contributed by atoms with Gasteiger partial charge in [-0.05, 0) is 25.7 Å². The highest BCUT2D eigenvalue weighted by molar-refractivity contribution is 7.88. The fourth-order valence-electron chi connectivity index (χ4n) is 2.97. The highest BCUT2D eigenvalue weighted by Gasteiger charge is 2.31. The molecular weight excluding hydrogens is 294 g/mol. The average molecular weight is 317 g/mol. The third kappa shape index (κ3) is 4.16. The number of piperidine rings is 1. The molecule has 0 aromatic rings. The minimum Gasteiger partial charge on any atom is -0.345 e. The van der Waals surface area contributed by atoms with Crippen LogP contribution in [0.15, 0.2) is 0 Å². The molecule has 2 fully saturated rings. The first kappa shape index (κ1) is 16.2. The van der Waals surface area contributed by atoms with Crippen LogP contribution in [-0.2, 0) is 19.6 Å². The number of carbonyl (C=O) groups excluding carboxylic acids is 2. The number of hydrogen-bond acceptors (Lipinski definition) is 4. The summed E-state index contributed by atoms with van der Waals surface area (Å²) in [5.74, 6) is -0.0603. The van der Waals surface area contributed by atoms with E-state index in [1.165, 1.54) is 10.6 Å². The molecule has 2 saturated heterocycles. The van der Waals surface area contributed by atoms with Crippen LogP contribution in [0.25, 0.3) is 0 Å². The Kier molecular flexibility index (Phi) is 4.88. The van der Waals surface area contributed by atoms with Gasteiger partial charge in [0.05, 0.1) is 6.26 Å². The second kappa shape index (κ2) is 6.31. The fourth-order valence-corrected chi connectivity index (χ4v) is 3.91. The Balaban J connectivity index is 2.00. The standard InChI is InChI=1S/C13H23N3O4S/c1-10-13(18)15(7-5-12(17)14-10)8-11-4-3-6-16(9-11)21(2,19)20/h10-11H,3-9H2,1-2H3,(H,14,17). The summed E-state index contributed by atoms with van der Waals surface area (Å²) in [6, 6.07) is -0.505. The van der Waals surface area contributed by atoms with E-state index in [9.17, 15) is 18.0 Å².